The lowest BCUT2D eigenvalue weighted by Gasteiger charge is -2.20. The van der Waals surface area contributed by atoms with E-state index >= 15 is 0 Å². The van der Waals surface area contributed by atoms with E-state index in [1.807, 2.05) is 0 Å². The molecule has 0 radical (unpaired) electrons. The van der Waals surface area contributed by atoms with Gasteiger partial charge in [0.1, 0.15) is 6.61 Å². The lowest BCUT2D eigenvalue weighted by Crippen LogP contribution is -2.34. The molecule has 1 heterocycles. The van der Waals surface area contributed by atoms with Gasteiger partial charge in [-0.1, -0.05) is 17.7 Å². The van der Waals surface area contributed by atoms with E-state index in [4.69, 9.17) is 21.4 Å². The van der Waals surface area contributed by atoms with E-state index in [0.717, 1.165) is 0 Å². The van der Waals surface area contributed by atoms with Gasteiger partial charge in [0.05, 0.1) is 6.04 Å². The predicted molar refractivity (Wildman–Crippen MR) is 60.8 cm³/mol. The highest BCUT2D eigenvalue weighted by Crippen LogP contribution is 2.26. The molecule has 1 amide bonds. The summed E-state index contributed by atoms with van der Waals surface area (Å²) in [5, 5.41) is 9.48. The Hall–Kier alpha value is -1.26. The molecule has 5 heteroatoms. The van der Waals surface area contributed by atoms with Crippen molar-refractivity contribution in [1.82, 2.24) is 0 Å². The van der Waals surface area contributed by atoms with Crippen LogP contribution in [0.15, 0.2) is 24.3 Å². The summed E-state index contributed by atoms with van der Waals surface area (Å²) in [5.41, 5.74) is 0.702. The largest absolute Gasteiger partial charge is 0.447 e. The fourth-order valence-corrected chi connectivity index (χ4v) is 1.95. The summed E-state index contributed by atoms with van der Waals surface area (Å²) in [6.45, 7) is 0.338. The number of hydrogen-bond acceptors (Lipinski definition) is 3. The topological polar surface area (TPSA) is 49.8 Å². The smallest absolute Gasteiger partial charge is 0.414 e. The van der Waals surface area contributed by atoms with Gasteiger partial charge in [-0.05, 0) is 24.6 Å². The molecule has 1 fully saturated rings. The maximum absolute atomic E-state index is 11.6. The molecule has 4 nitrogen and oxygen atoms in total. The Morgan fingerprint density at radius 2 is 2.38 bits per heavy atom. The number of anilines is 1. The number of halogens is 1. The second kappa shape index (κ2) is 4.72. The van der Waals surface area contributed by atoms with E-state index in [1.54, 1.807) is 24.3 Å². The van der Waals surface area contributed by atoms with E-state index in [9.17, 15) is 4.79 Å². The number of nitrogens with zero attached hydrogens (tertiary/aromatic N) is 1. The first-order chi connectivity index (χ1) is 7.72. The van der Waals surface area contributed by atoms with Crippen molar-refractivity contribution in [3.8, 4) is 0 Å². The van der Waals surface area contributed by atoms with E-state index in [2.05, 4.69) is 0 Å². The van der Waals surface area contributed by atoms with Crippen LogP contribution in [0.25, 0.3) is 0 Å². The summed E-state index contributed by atoms with van der Waals surface area (Å²) in [6, 6.07) is 6.91. The van der Waals surface area contributed by atoms with Crippen molar-refractivity contribution in [3.63, 3.8) is 0 Å². The number of amides is 1. The molecule has 0 spiro atoms. The minimum atomic E-state index is -0.388. The van der Waals surface area contributed by atoms with Crippen LogP contribution in [-0.4, -0.2) is 30.5 Å². The van der Waals surface area contributed by atoms with E-state index in [0.29, 0.717) is 23.7 Å². The van der Waals surface area contributed by atoms with Gasteiger partial charge in [-0.2, -0.15) is 0 Å². The molecule has 0 aromatic heterocycles. The molecule has 1 aromatic carbocycles. The molecule has 0 bridgehead atoms. The molecule has 1 N–H and O–H groups in total. The number of carbonyl (C=O) groups excluding carboxylic acids is 1. The van der Waals surface area contributed by atoms with Crippen LogP contribution >= 0.6 is 11.6 Å². The monoisotopic (exact) mass is 241 g/mol. The quantitative estimate of drug-likeness (QED) is 0.881. The summed E-state index contributed by atoms with van der Waals surface area (Å²) >= 11 is 5.87. The Morgan fingerprint density at radius 3 is 3.06 bits per heavy atom. The molecule has 0 aliphatic carbocycles. The van der Waals surface area contributed by atoms with Crippen LogP contribution in [0.5, 0.6) is 0 Å². The van der Waals surface area contributed by atoms with Gasteiger partial charge in [0, 0.05) is 17.3 Å². The first-order valence-corrected chi connectivity index (χ1v) is 5.42. The molecule has 2 rings (SSSR count). The Bertz CT molecular complexity index is 397. The highest BCUT2D eigenvalue weighted by Gasteiger charge is 2.33. The van der Waals surface area contributed by atoms with Gasteiger partial charge in [0.15, 0.2) is 0 Å². The Morgan fingerprint density at radius 1 is 1.56 bits per heavy atom. The number of aliphatic hydroxyl groups is 1. The minimum Gasteiger partial charge on any atom is -0.447 e. The number of carbonyl (C=O) groups is 1. The Labute approximate surface area is 98.4 Å². The predicted octanol–water partition coefficient (Wildman–Crippen LogP) is 2.05. The Balaban J connectivity index is 2.26. The maximum Gasteiger partial charge on any atom is 0.414 e. The molecule has 1 saturated heterocycles. The van der Waals surface area contributed by atoms with Crippen LogP contribution in [0, 0.1) is 0 Å². The number of hydrogen-bond donors (Lipinski definition) is 1. The zero-order valence-corrected chi connectivity index (χ0v) is 9.35. The van der Waals surface area contributed by atoms with Crippen molar-refractivity contribution in [3.05, 3.63) is 29.3 Å². The normalized spacial score (nSPS) is 20.0. The first kappa shape index (κ1) is 11.2. The maximum atomic E-state index is 11.6. The third kappa shape index (κ3) is 2.13. The van der Waals surface area contributed by atoms with E-state index in [1.165, 1.54) is 4.90 Å². The molecule has 1 aromatic rings. The fourth-order valence-electron chi connectivity index (χ4n) is 1.76. The molecule has 86 valence electrons. The van der Waals surface area contributed by atoms with Gasteiger partial charge in [-0.15, -0.1) is 0 Å². The number of rotatable bonds is 3. The van der Waals surface area contributed by atoms with E-state index < -0.39 is 0 Å². The molecule has 1 aliphatic heterocycles. The fraction of sp³-hybridized carbons (Fsp3) is 0.364. The van der Waals surface area contributed by atoms with Crippen molar-refractivity contribution in [2.75, 3.05) is 18.1 Å². The Kier molecular flexibility index (Phi) is 3.31. The SMILES string of the molecule is O=C1OCC(CCO)N1c1cccc(Cl)c1. The zero-order valence-electron chi connectivity index (χ0n) is 8.60. The number of ether oxygens (including phenoxy) is 1. The zero-order chi connectivity index (χ0) is 11.5. The number of cyclic esters (lactones) is 1. The molecule has 1 atom stereocenters. The summed E-state index contributed by atoms with van der Waals surface area (Å²) < 4.78 is 4.96. The molecule has 0 saturated carbocycles. The first-order valence-electron chi connectivity index (χ1n) is 5.05. The van der Waals surface area contributed by atoms with Crippen molar-refractivity contribution in [2.45, 2.75) is 12.5 Å². The van der Waals surface area contributed by atoms with Crippen molar-refractivity contribution in [1.29, 1.82) is 0 Å². The highest BCUT2D eigenvalue weighted by atomic mass is 35.5. The number of aliphatic hydroxyl groups excluding tert-OH is 1. The molecular formula is C11H12ClNO3. The van der Waals surface area contributed by atoms with Crippen molar-refractivity contribution >= 4 is 23.4 Å². The summed E-state index contributed by atoms with van der Waals surface area (Å²) in [5.74, 6) is 0. The van der Waals surface area contributed by atoms with Gasteiger partial charge in [-0.3, -0.25) is 4.90 Å². The second-order valence-corrected chi connectivity index (χ2v) is 4.03. The van der Waals surface area contributed by atoms with Crippen LogP contribution < -0.4 is 4.90 Å². The van der Waals surface area contributed by atoms with Gasteiger partial charge in [-0.25, -0.2) is 4.79 Å². The molecule has 1 aliphatic rings. The van der Waals surface area contributed by atoms with Gasteiger partial charge >= 0.3 is 6.09 Å². The lowest BCUT2D eigenvalue weighted by atomic mass is 10.2. The van der Waals surface area contributed by atoms with Crippen LogP contribution in [0.4, 0.5) is 10.5 Å². The average Bonchev–Trinajstić information content (AvgIpc) is 2.60. The molecule has 16 heavy (non-hydrogen) atoms. The van der Waals surface area contributed by atoms with Gasteiger partial charge in [0.2, 0.25) is 0 Å². The average molecular weight is 242 g/mol. The van der Waals surface area contributed by atoms with Crippen molar-refractivity contribution in [2.24, 2.45) is 0 Å². The highest BCUT2D eigenvalue weighted by molar-refractivity contribution is 6.30. The summed E-state index contributed by atoms with van der Waals surface area (Å²) in [4.78, 5) is 13.1. The molecule has 1 unspecified atom stereocenters. The summed E-state index contributed by atoms with van der Waals surface area (Å²) in [7, 11) is 0. The van der Waals surface area contributed by atoms with Crippen LogP contribution in [-0.2, 0) is 4.74 Å². The van der Waals surface area contributed by atoms with Gasteiger partial charge < -0.3 is 9.84 Å². The standard InChI is InChI=1S/C11H12ClNO3/c12-8-2-1-3-9(6-8)13-10(4-5-14)7-16-11(13)15/h1-3,6,10,14H,4-5,7H2. The van der Waals surface area contributed by atoms with E-state index in [-0.39, 0.29) is 18.7 Å². The summed E-state index contributed by atoms with van der Waals surface area (Å²) in [6.07, 6.45) is 0.110. The van der Waals surface area contributed by atoms with Crippen LogP contribution in [0.3, 0.4) is 0 Å². The second-order valence-electron chi connectivity index (χ2n) is 3.59. The lowest BCUT2D eigenvalue weighted by molar-refractivity contribution is 0.176. The van der Waals surface area contributed by atoms with Gasteiger partial charge in [0.25, 0.3) is 0 Å². The van der Waals surface area contributed by atoms with Crippen LogP contribution in [0.2, 0.25) is 5.02 Å². The third-order valence-electron chi connectivity index (χ3n) is 2.51. The minimum absolute atomic E-state index is 0.0262. The van der Waals surface area contributed by atoms with Crippen molar-refractivity contribution < 1.29 is 14.6 Å². The third-order valence-corrected chi connectivity index (χ3v) is 2.74. The molecular weight excluding hydrogens is 230 g/mol. The number of benzene rings is 1. The van der Waals surface area contributed by atoms with Crippen LogP contribution in [0.1, 0.15) is 6.42 Å².